The van der Waals surface area contributed by atoms with E-state index in [1.165, 1.54) is 0 Å². The second-order valence-corrected chi connectivity index (χ2v) is 14.8. The lowest BCUT2D eigenvalue weighted by Gasteiger charge is -2.27. The highest BCUT2D eigenvalue weighted by Gasteiger charge is 2.27. The van der Waals surface area contributed by atoms with E-state index in [4.69, 9.17) is 0 Å². The molecule has 0 heterocycles. The van der Waals surface area contributed by atoms with Crippen LogP contribution in [0.15, 0.2) is 194 Å². The molecule has 0 spiro atoms. The number of benzene rings is 8. The van der Waals surface area contributed by atoms with Crippen molar-refractivity contribution in [2.75, 3.05) is 0 Å². The Morgan fingerprint density at radius 1 is 0.196 bits per heavy atom. The number of hydrogen-bond acceptors (Lipinski definition) is 4. The highest BCUT2D eigenvalue weighted by Crippen LogP contribution is 2.43. The largest absolute Gasteiger partial charge is 0.508 e. The Kier molecular flexibility index (Phi) is 9.08. The van der Waals surface area contributed by atoms with E-state index < -0.39 is 0 Å². The van der Waals surface area contributed by atoms with Gasteiger partial charge < -0.3 is 20.4 Å². The Bertz CT molecular complexity index is 2180. The van der Waals surface area contributed by atoms with Gasteiger partial charge in [-0.15, -0.1) is 0 Å². The van der Waals surface area contributed by atoms with Crippen molar-refractivity contribution < 1.29 is 20.4 Å². The lowest BCUT2D eigenvalue weighted by atomic mass is 9.76. The van der Waals surface area contributed by atoms with E-state index in [0.717, 1.165) is 66.8 Å². The van der Waals surface area contributed by atoms with Crippen LogP contribution in [0.5, 0.6) is 23.0 Å². The molecule has 1 aliphatic carbocycles. The third-order valence-corrected chi connectivity index (χ3v) is 11.2. The molecule has 56 heavy (non-hydrogen) atoms. The Morgan fingerprint density at radius 2 is 0.357 bits per heavy atom. The minimum atomic E-state index is -0.152. The van der Waals surface area contributed by atoms with Gasteiger partial charge >= 0.3 is 0 Å². The number of fused-ring (bicyclic) bond motifs is 8. The summed E-state index contributed by atoms with van der Waals surface area (Å²) in [6.07, 6.45) is 0. The number of aromatic hydroxyl groups is 4. The predicted molar refractivity (Wildman–Crippen MR) is 222 cm³/mol. The molecule has 4 nitrogen and oxygen atoms in total. The summed E-state index contributed by atoms with van der Waals surface area (Å²) in [5, 5.41) is 41.4. The van der Waals surface area contributed by atoms with Gasteiger partial charge in [0, 0.05) is 23.7 Å². The number of rotatable bonds is 4. The zero-order chi connectivity index (χ0) is 38.2. The maximum absolute atomic E-state index is 10.3. The molecule has 272 valence electrons. The zero-order valence-electron chi connectivity index (χ0n) is 30.6. The van der Waals surface area contributed by atoms with Crippen LogP contribution in [0.4, 0.5) is 0 Å². The second kappa shape index (κ2) is 14.7. The van der Waals surface area contributed by atoms with Gasteiger partial charge in [-0.1, -0.05) is 146 Å². The molecule has 9 rings (SSSR count). The third-order valence-electron chi connectivity index (χ3n) is 11.2. The van der Waals surface area contributed by atoms with Crippen molar-refractivity contribution in [1.82, 2.24) is 0 Å². The zero-order valence-corrected chi connectivity index (χ0v) is 30.6. The molecule has 0 aromatic heterocycles. The molecule has 0 unspecified atom stereocenters. The van der Waals surface area contributed by atoms with Crippen LogP contribution >= 0.6 is 0 Å². The number of phenolic OH excluding ortho intramolecular Hbond substituents is 4. The van der Waals surface area contributed by atoms with Crippen LogP contribution in [-0.4, -0.2) is 20.4 Å². The van der Waals surface area contributed by atoms with Gasteiger partial charge in [-0.3, -0.25) is 0 Å². The minimum Gasteiger partial charge on any atom is -0.508 e. The van der Waals surface area contributed by atoms with Gasteiger partial charge in [-0.2, -0.15) is 0 Å². The molecular weight excluding hydrogens is 689 g/mol. The van der Waals surface area contributed by atoms with Crippen molar-refractivity contribution in [3.8, 4) is 23.0 Å². The van der Waals surface area contributed by atoms with E-state index in [2.05, 4.69) is 97.1 Å². The predicted octanol–water partition coefficient (Wildman–Crippen LogP) is 11.5. The first-order valence-corrected chi connectivity index (χ1v) is 18.9. The van der Waals surface area contributed by atoms with Gasteiger partial charge in [0.2, 0.25) is 0 Å². The first-order chi connectivity index (χ1) is 27.4. The maximum Gasteiger partial charge on any atom is 0.115 e. The van der Waals surface area contributed by atoms with Crippen molar-refractivity contribution >= 4 is 0 Å². The summed E-state index contributed by atoms with van der Waals surface area (Å²) in [5.74, 6) is 0.261. The second-order valence-electron chi connectivity index (χ2n) is 14.8. The highest BCUT2D eigenvalue weighted by atomic mass is 16.3. The summed E-state index contributed by atoms with van der Waals surface area (Å²) < 4.78 is 0. The van der Waals surface area contributed by atoms with Crippen LogP contribution < -0.4 is 0 Å². The van der Waals surface area contributed by atoms with E-state index in [9.17, 15) is 20.4 Å². The summed E-state index contributed by atoms with van der Waals surface area (Å²) in [6, 6.07) is 65.2. The third kappa shape index (κ3) is 6.78. The average molecular weight is 729 g/mol. The fourth-order valence-corrected chi connectivity index (χ4v) is 8.65. The van der Waals surface area contributed by atoms with Crippen LogP contribution in [0.1, 0.15) is 90.4 Å². The molecular formula is C52H40O4. The fraction of sp³-hybridized carbons (Fsp3) is 0.0769. The van der Waals surface area contributed by atoms with E-state index in [-0.39, 0.29) is 46.7 Å². The van der Waals surface area contributed by atoms with Crippen LogP contribution in [0, 0.1) is 0 Å². The molecule has 0 fully saturated rings. The van der Waals surface area contributed by atoms with Crippen LogP contribution in [0.3, 0.4) is 0 Å². The van der Waals surface area contributed by atoms with Gasteiger partial charge in [-0.25, -0.2) is 0 Å². The molecule has 0 saturated carbocycles. The summed E-state index contributed by atoms with van der Waals surface area (Å²) in [7, 11) is 0. The molecule has 8 bridgehead atoms. The van der Waals surface area contributed by atoms with Crippen molar-refractivity contribution in [2.24, 2.45) is 0 Å². The Morgan fingerprint density at radius 3 is 0.518 bits per heavy atom. The number of hydrogen-bond donors (Lipinski definition) is 4. The summed E-state index contributed by atoms with van der Waals surface area (Å²) in [5.41, 5.74) is 13.1. The Balaban J connectivity index is 1.35. The molecule has 0 saturated heterocycles. The lowest BCUT2D eigenvalue weighted by molar-refractivity contribution is 0.474. The molecule has 8 aromatic rings. The van der Waals surface area contributed by atoms with E-state index in [0.29, 0.717) is 0 Å². The van der Waals surface area contributed by atoms with Gasteiger partial charge in [0.15, 0.2) is 0 Å². The van der Waals surface area contributed by atoms with Crippen molar-refractivity contribution in [3.05, 3.63) is 261 Å². The molecule has 4 N–H and O–H groups in total. The maximum atomic E-state index is 10.3. The van der Waals surface area contributed by atoms with Crippen LogP contribution in [0.25, 0.3) is 0 Å². The summed E-state index contributed by atoms with van der Waals surface area (Å²) in [6.45, 7) is 0. The monoisotopic (exact) mass is 728 g/mol. The molecule has 0 atom stereocenters. The van der Waals surface area contributed by atoms with Gasteiger partial charge in [0.1, 0.15) is 23.0 Å². The Labute approximate surface area is 326 Å². The van der Waals surface area contributed by atoms with Gasteiger partial charge in [0.25, 0.3) is 0 Å². The molecule has 8 aromatic carbocycles. The fourth-order valence-electron chi connectivity index (χ4n) is 8.65. The lowest BCUT2D eigenvalue weighted by Crippen LogP contribution is -2.11. The SMILES string of the molecule is Oc1ccc(C2c3cccc(c3)C(c3ccc(O)cc3)c3cccc(c3)C(c3ccc(O)cc3)c3cccc(c3)C(c3ccc(O)cc3)c3cccc2c3)cc1. The summed E-state index contributed by atoms with van der Waals surface area (Å²) in [4.78, 5) is 0. The van der Waals surface area contributed by atoms with Gasteiger partial charge in [0.05, 0.1) is 0 Å². The quantitative estimate of drug-likeness (QED) is 0.145. The topological polar surface area (TPSA) is 80.9 Å². The van der Waals surface area contributed by atoms with Crippen molar-refractivity contribution in [2.45, 2.75) is 23.7 Å². The highest BCUT2D eigenvalue weighted by molar-refractivity contribution is 5.55. The molecule has 0 radical (unpaired) electrons. The average Bonchev–Trinajstić information content (AvgIpc) is 3.22. The smallest absolute Gasteiger partial charge is 0.115 e. The molecule has 0 aliphatic heterocycles. The Hall–Kier alpha value is -7.04. The van der Waals surface area contributed by atoms with Crippen molar-refractivity contribution in [3.63, 3.8) is 0 Å². The van der Waals surface area contributed by atoms with E-state index in [1.54, 1.807) is 48.5 Å². The van der Waals surface area contributed by atoms with E-state index >= 15 is 0 Å². The van der Waals surface area contributed by atoms with Crippen LogP contribution in [-0.2, 0) is 0 Å². The molecule has 1 aliphatic rings. The first kappa shape index (κ1) is 34.7. The minimum absolute atomic E-state index is 0.152. The molecule has 4 heteroatoms. The standard InChI is InChI=1S/C52H40O4/c53-45-21-13-33(14-22-45)49-37-5-1-6-38(29-37)50(34-15-23-46(54)24-16-34)40-8-3-10-42(31-40)52(36-19-27-48(56)28-20-36)44-12-4-11-43(32-44)51(35-17-25-47(55)26-18-35)41-9-2-7-39(49)30-41/h1-32,49-56H. The summed E-state index contributed by atoms with van der Waals surface area (Å²) >= 11 is 0. The van der Waals surface area contributed by atoms with E-state index in [1.807, 2.05) is 48.5 Å². The van der Waals surface area contributed by atoms with Gasteiger partial charge in [-0.05, 0) is 115 Å². The number of phenols is 4. The first-order valence-electron chi connectivity index (χ1n) is 18.9. The van der Waals surface area contributed by atoms with Crippen LogP contribution in [0.2, 0.25) is 0 Å². The van der Waals surface area contributed by atoms with Crippen molar-refractivity contribution in [1.29, 1.82) is 0 Å². The normalized spacial score (nSPS) is 17.6. The molecule has 0 amide bonds.